The topological polar surface area (TPSA) is 58.5 Å². The van der Waals surface area contributed by atoms with Crippen LogP contribution in [0.1, 0.15) is 11.1 Å². The second-order valence-corrected chi connectivity index (χ2v) is 8.25. The third kappa shape index (κ3) is 4.20. The second-order valence-electron chi connectivity index (χ2n) is 5.73. The van der Waals surface area contributed by atoms with Crippen molar-refractivity contribution < 1.29 is 8.42 Å². The predicted molar refractivity (Wildman–Crippen MR) is 109 cm³/mol. The number of halogens is 1. The minimum atomic E-state index is -3.69. The molecule has 0 fully saturated rings. The van der Waals surface area contributed by atoms with Crippen LogP contribution in [0.4, 0.5) is 0 Å². The third-order valence-corrected chi connectivity index (χ3v) is 5.76. The van der Waals surface area contributed by atoms with Gasteiger partial charge in [-0.1, -0.05) is 76.1 Å². The molecule has 0 saturated heterocycles. The molecule has 0 spiro atoms. The van der Waals surface area contributed by atoms with E-state index in [2.05, 4.69) is 25.9 Å². The van der Waals surface area contributed by atoms with Crippen LogP contribution >= 0.6 is 15.9 Å². The van der Waals surface area contributed by atoms with Crippen LogP contribution in [0.2, 0.25) is 0 Å². The van der Waals surface area contributed by atoms with Gasteiger partial charge in [0.25, 0.3) is 10.0 Å². The molecule has 0 unspecified atom stereocenters. The van der Waals surface area contributed by atoms with Gasteiger partial charge in [0.15, 0.2) is 0 Å². The Bertz CT molecular complexity index is 1050. The molecule has 0 aliphatic rings. The Morgan fingerprint density at radius 3 is 2.19 bits per heavy atom. The molecule has 0 aliphatic heterocycles. The van der Waals surface area contributed by atoms with Crippen LogP contribution in [0, 0.1) is 6.92 Å². The van der Waals surface area contributed by atoms with Crippen LogP contribution < -0.4 is 4.83 Å². The normalized spacial score (nSPS) is 11.6. The summed E-state index contributed by atoms with van der Waals surface area (Å²) in [5, 5.41) is 3.95. The maximum absolute atomic E-state index is 12.3. The molecule has 3 aromatic carbocycles. The summed E-state index contributed by atoms with van der Waals surface area (Å²) < 4.78 is 25.6. The summed E-state index contributed by atoms with van der Waals surface area (Å²) in [7, 11) is -3.69. The van der Waals surface area contributed by atoms with E-state index in [9.17, 15) is 8.42 Å². The number of nitrogens with one attached hydrogen (secondary N) is 1. The number of sulfonamides is 1. The van der Waals surface area contributed by atoms with Gasteiger partial charge < -0.3 is 0 Å². The number of hydrogen-bond donors (Lipinski definition) is 1. The first-order chi connectivity index (χ1) is 12.5. The zero-order valence-corrected chi connectivity index (χ0v) is 16.5. The summed E-state index contributed by atoms with van der Waals surface area (Å²) in [5.74, 6) is 0. The van der Waals surface area contributed by atoms with Crippen molar-refractivity contribution in [2.24, 2.45) is 5.10 Å². The van der Waals surface area contributed by atoms with Gasteiger partial charge >= 0.3 is 0 Å². The van der Waals surface area contributed by atoms with Gasteiger partial charge in [-0.05, 0) is 36.2 Å². The lowest BCUT2D eigenvalue weighted by Crippen LogP contribution is -2.18. The SMILES string of the molecule is Cc1ccc(S(=O)(=O)N/N=C/c2ccccc2-c2ccccc2Br)cc1. The van der Waals surface area contributed by atoms with Crippen molar-refractivity contribution in [3.63, 3.8) is 0 Å². The molecule has 1 N–H and O–H groups in total. The third-order valence-electron chi connectivity index (χ3n) is 3.83. The van der Waals surface area contributed by atoms with E-state index >= 15 is 0 Å². The number of nitrogens with zero attached hydrogens (tertiary/aromatic N) is 1. The van der Waals surface area contributed by atoms with Gasteiger partial charge in [0.2, 0.25) is 0 Å². The van der Waals surface area contributed by atoms with Crippen molar-refractivity contribution >= 4 is 32.2 Å². The average Bonchev–Trinajstić information content (AvgIpc) is 2.63. The lowest BCUT2D eigenvalue weighted by molar-refractivity contribution is 0.584. The first-order valence-corrected chi connectivity index (χ1v) is 10.2. The van der Waals surface area contributed by atoms with Crippen LogP contribution in [-0.2, 0) is 10.0 Å². The van der Waals surface area contributed by atoms with Crippen molar-refractivity contribution in [2.75, 3.05) is 0 Å². The van der Waals surface area contributed by atoms with E-state index in [1.165, 1.54) is 6.21 Å². The molecule has 0 aromatic heterocycles. The smallest absolute Gasteiger partial charge is 0.200 e. The molecular weight excluding hydrogens is 412 g/mol. The maximum Gasteiger partial charge on any atom is 0.276 e. The Morgan fingerprint density at radius 1 is 0.885 bits per heavy atom. The Labute approximate surface area is 161 Å². The van der Waals surface area contributed by atoms with E-state index in [4.69, 9.17) is 0 Å². The van der Waals surface area contributed by atoms with E-state index in [1.54, 1.807) is 24.3 Å². The molecule has 0 amide bonds. The molecule has 3 aromatic rings. The molecule has 3 rings (SSSR count). The van der Waals surface area contributed by atoms with Crippen LogP contribution in [0.3, 0.4) is 0 Å². The molecule has 4 nitrogen and oxygen atoms in total. The zero-order valence-electron chi connectivity index (χ0n) is 14.1. The molecule has 132 valence electrons. The first kappa shape index (κ1) is 18.4. The van der Waals surface area contributed by atoms with Crippen molar-refractivity contribution in [2.45, 2.75) is 11.8 Å². The number of rotatable bonds is 5. The fourth-order valence-electron chi connectivity index (χ4n) is 2.47. The summed E-state index contributed by atoms with van der Waals surface area (Å²) in [4.78, 5) is 2.45. The summed E-state index contributed by atoms with van der Waals surface area (Å²) in [5.41, 5.74) is 3.77. The van der Waals surface area contributed by atoms with Crippen molar-refractivity contribution in [1.82, 2.24) is 4.83 Å². The van der Waals surface area contributed by atoms with Gasteiger partial charge in [0, 0.05) is 10.0 Å². The predicted octanol–water partition coefficient (Wildman–Crippen LogP) is 4.74. The monoisotopic (exact) mass is 428 g/mol. The summed E-state index contributed by atoms with van der Waals surface area (Å²) in [6.07, 6.45) is 1.51. The molecule has 0 aliphatic carbocycles. The fourth-order valence-corrected chi connectivity index (χ4v) is 3.76. The van der Waals surface area contributed by atoms with Crippen molar-refractivity contribution in [1.29, 1.82) is 0 Å². The minimum absolute atomic E-state index is 0.180. The van der Waals surface area contributed by atoms with E-state index in [0.717, 1.165) is 26.7 Å². The molecule has 0 bridgehead atoms. The summed E-state index contributed by atoms with van der Waals surface area (Å²) in [6, 6.07) is 22.1. The Hall–Kier alpha value is -2.44. The van der Waals surface area contributed by atoms with Crippen LogP contribution in [0.25, 0.3) is 11.1 Å². The lowest BCUT2D eigenvalue weighted by atomic mass is 10.0. The van der Waals surface area contributed by atoms with E-state index in [-0.39, 0.29) is 4.90 Å². The highest BCUT2D eigenvalue weighted by Gasteiger charge is 2.12. The molecule has 6 heteroatoms. The zero-order chi connectivity index (χ0) is 18.6. The summed E-state index contributed by atoms with van der Waals surface area (Å²) >= 11 is 3.55. The average molecular weight is 429 g/mol. The van der Waals surface area contributed by atoms with Crippen molar-refractivity contribution in [3.8, 4) is 11.1 Å². The second kappa shape index (κ2) is 7.85. The molecular formula is C20H17BrN2O2S. The fraction of sp³-hybridized carbons (Fsp3) is 0.0500. The van der Waals surface area contributed by atoms with Gasteiger partial charge in [-0.2, -0.15) is 13.5 Å². The van der Waals surface area contributed by atoms with Crippen LogP contribution in [0.15, 0.2) is 87.3 Å². The molecule has 0 atom stereocenters. The quantitative estimate of drug-likeness (QED) is 0.471. The highest BCUT2D eigenvalue weighted by Crippen LogP contribution is 2.29. The van der Waals surface area contributed by atoms with E-state index in [1.807, 2.05) is 55.5 Å². The van der Waals surface area contributed by atoms with Crippen LogP contribution in [-0.4, -0.2) is 14.6 Å². The van der Waals surface area contributed by atoms with Gasteiger partial charge in [-0.25, -0.2) is 4.83 Å². The van der Waals surface area contributed by atoms with Gasteiger partial charge in [0.05, 0.1) is 11.1 Å². The van der Waals surface area contributed by atoms with Gasteiger partial charge in [0.1, 0.15) is 0 Å². The highest BCUT2D eigenvalue weighted by molar-refractivity contribution is 9.10. The maximum atomic E-state index is 12.3. The largest absolute Gasteiger partial charge is 0.276 e. The Kier molecular flexibility index (Phi) is 5.54. The Morgan fingerprint density at radius 2 is 1.50 bits per heavy atom. The molecule has 0 radical (unpaired) electrons. The highest BCUT2D eigenvalue weighted by atomic mass is 79.9. The first-order valence-electron chi connectivity index (χ1n) is 7.93. The Balaban J connectivity index is 1.86. The van der Waals surface area contributed by atoms with Crippen LogP contribution in [0.5, 0.6) is 0 Å². The van der Waals surface area contributed by atoms with Crippen molar-refractivity contribution in [3.05, 3.63) is 88.4 Å². The number of hydrogen-bond acceptors (Lipinski definition) is 3. The standard InChI is InChI=1S/C20H17BrN2O2S/c1-15-10-12-17(13-11-15)26(24,25)23-22-14-16-6-2-3-7-18(16)19-8-4-5-9-20(19)21/h2-14,23H,1H3/b22-14+. The number of benzene rings is 3. The van der Waals surface area contributed by atoms with Gasteiger partial charge in [-0.15, -0.1) is 0 Å². The van der Waals surface area contributed by atoms with E-state index in [0.29, 0.717) is 0 Å². The molecule has 26 heavy (non-hydrogen) atoms. The van der Waals surface area contributed by atoms with Gasteiger partial charge in [-0.3, -0.25) is 0 Å². The number of aryl methyl sites for hydroxylation is 1. The number of hydrazone groups is 1. The lowest BCUT2D eigenvalue weighted by Gasteiger charge is -2.08. The molecule has 0 saturated carbocycles. The summed E-state index contributed by atoms with van der Waals surface area (Å²) in [6.45, 7) is 1.90. The minimum Gasteiger partial charge on any atom is -0.200 e. The van der Waals surface area contributed by atoms with E-state index < -0.39 is 10.0 Å². The molecule has 0 heterocycles.